The molecular weight excluding hydrogens is 376 g/mol. The highest BCUT2D eigenvalue weighted by molar-refractivity contribution is 8.01. The Kier molecular flexibility index (Phi) is 5.82. The zero-order chi connectivity index (χ0) is 17.7. The summed E-state index contributed by atoms with van der Waals surface area (Å²) in [5.41, 5.74) is 1.50. The van der Waals surface area contributed by atoms with Gasteiger partial charge in [-0.15, -0.1) is 11.3 Å². The summed E-state index contributed by atoms with van der Waals surface area (Å²) in [5.74, 6) is 1.40. The summed E-state index contributed by atoms with van der Waals surface area (Å²) < 4.78 is 34.2. The molecule has 3 rings (SSSR count). The third kappa shape index (κ3) is 5.10. The minimum Gasteiger partial charge on any atom is -0.497 e. The highest BCUT2D eigenvalue weighted by Crippen LogP contribution is 2.29. The van der Waals surface area contributed by atoms with Gasteiger partial charge in [-0.05, 0) is 30.7 Å². The molecule has 3 aromatic rings. The monoisotopic (exact) mass is 394 g/mol. The molecule has 0 amide bonds. The van der Waals surface area contributed by atoms with Gasteiger partial charge in [0, 0.05) is 11.8 Å². The summed E-state index contributed by atoms with van der Waals surface area (Å²) in [6, 6.07) is 14.9. The molecule has 0 unspecified atom stereocenters. The number of sulfonamides is 1. The molecule has 132 valence electrons. The van der Waals surface area contributed by atoms with Crippen LogP contribution in [0.15, 0.2) is 52.9 Å². The van der Waals surface area contributed by atoms with Gasteiger partial charge in [0.15, 0.2) is 4.34 Å². The molecule has 1 aromatic heterocycles. The van der Waals surface area contributed by atoms with E-state index in [2.05, 4.69) is 9.71 Å². The first-order chi connectivity index (χ1) is 12.1. The van der Waals surface area contributed by atoms with Crippen molar-refractivity contribution in [1.82, 2.24) is 4.98 Å². The Morgan fingerprint density at radius 1 is 1.20 bits per heavy atom. The maximum Gasteiger partial charge on any atom is 0.232 e. The van der Waals surface area contributed by atoms with Crippen LogP contribution in [0.4, 0.5) is 5.69 Å². The van der Waals surface area contributed by atoms with Crippen LogP contribution in [0, 0.1) is 0 Å². The third-order valence-corrected chi connectivity index (χ3v) is 7.04. The van der Waals surface area contributed by atoms with Crippen LogP contribution in [0.5, 0.6) is 5.75 Å². The number of hydrogen-bond acceptors (Lipinski definition) is 6. The molecule has 25 heavy (non-hydrogen) atoms. The van der Waals surface area contributed by atoms with Gasteiger partial charge in [0.25, 0.3) is 0 Å². The van der Waals surface area contributed by atoms with E-state index in [4.69, 9.17) is 4.74 Å². The normalized spacial score (nSPS) is 11.6. The lowest BCUT2D eigenvalue weighted by Gasteiger charge is -2.08. The summed E-state index contributed by atoms with van der Waals surface area (Å²) >= 11 is 3.23. The second-order valence-electron chi connectivity index (χ2n) is 5.30. The second-order valence-corrected chi connectivity index (χ2v) is 9.52. The van der Waals surface area contributed by atoms with Gasteiger partial charge < -0.3 is 4.74 Å². The standard InChI is InChI=1S/C17H18N2O3S3/c1-22-14-7-4-6-13(12-14)19-25(20,21)11-5-10-23-17-18-15-8-2-3-9-16(15)24-17/h2-4,6-9,12,19H,5,10-11H2,1H3. The number of para-hydroxylation sites is 1. The molecule has 0 aliphatic rings. The largest absolute Gasteiger partial charge is 0.497 e. The molecule has 0 fully saturated rings. The van der Waals surface area contributed by atoms with Crippen LogP contribution in [0.3, 0.4) is 0 Å². The Balaban J connectivity index is 1.50. The topological polar surface area (TPSA) is 68.3 Å². The molecule has 5 nitrogen and oxygen atoms in total. The van der Waals surface area contributed by atoms with Gasteiger partial charge in [-0.2, -0.15) is 0 Å². The molecule has 0 saturated carbocycles. The number of nitrogens with one attached hydrogen (secondary N) is 1. The number of methoxy groups -OCH3 is 1. The Morgan fingerprint density at radius 2 is 2.04 bits per heavy atom. The molecule has 8 heteroatoms. The van der Waals surface area contributed by atoms with Gasteiger partial charge in [0.2, 0.25) is 10.0 Å². The average Bonchev–Trinajstić information content (AvgIpc) is 3.01. The minimum atomic E-state index is -3.37. The van der Waals surface area contributed by atoms with Crippen molar-refractivity contribution in [2.75, 3.05) is 23.3 Å². The Hall–Kier alpha value is -1.77. The highest BCUT2D eigenvalue weighted by atomic mass is 32.2. The summed E-state index contributed by atoms with van der Waals surface area (Å²) in [4.78, 5) is 4.54. The van der Waals surface area contributed by atoms with Crippen molar-refractivity contribution in [1.29, 1.82) is 0 Å². The lowest BCUT2D eigenvalue weighted by atomic mass is 10.3. The number of aromatic nitrogens is 1. The minimum absolute atomic E-state index is 0.0715. The number of thioether (sulfide) groups is 1. The SMILES string of the molecule is COc1cccc(NS(=O)(=O)CCCSc2nc3ccccc3s2)c1. The predicted octanol–water partition coefficient (Wildman–Crippen LogP) is 4.23. The van der Waals surface area contributed by atoms with Gasteiger partial charge in [0.05, 0.1) is 28.8 Å². The summed E-state index contributed by atoms with van der Waals surface area (Å²) in [6.45, 7) is 0. The number of nitrogens with zero attached hydrogens (tertiary/aromatic N) is 1. The van der Waals surface area contributed by atoms with Crippen LogP contribution < -0.4 is 9.46 Å². The van der Waals surface area contributed by atoms with Crippen LogP contribution in [-0.2, 0) is 10.0 Å². The van der Waals surface area contributed by atoms with Gasteiger partial charge in [-0.1, -0.05) is 30.0 Å². The molecule has 1 N–H and O–H groups in total. The van der Waals surface area contributed by atoms with Crippen molar-refractivity contribution in [3.63, 3.8) is 0 Å². The van der Waals surface area contributed by atoms with Crippen molar-refractivity contribution >= 4 is 49.0 Å². The van der Waals surface area contributed by atoms with E-state index in [1.54, 1.807) is 54.5 Å². The van der Waals surface area contributed by atoms with E-state index in [0.29, 0.717) is 23.6 Å². The maximum atomic E-state index is 12.2. The first-order valence-corrected chi connectivity index (χ1v) is 11.1. The van der Waals surface area contributed by atoms with E-state index in [-0.39, 0.29) is 5.75 Å². The summed E-state index contributed by atoms with van der Waals surface area (Å²) in [6.07, 6.45) is 0.555. The number of hydrogen-bond donors (Lipinski definition) is 1. The van der Waals surface area contributed by atoms with Gasteiger partial charge >= 0.3 is 0 Å². The van der Waals surface area contributed by atoms with Crippen LogP contribution in [0.25, 0.3) is 10.2 Å². The molecule has 0 aliphatic carbocycles. The number of fused-ring (bicyclic) bond motifs is 1. The fraction of sp³-hybridized carbons (Fsp3) is 0.235. The second kappa shape index (κ2) is 8.07. The van der Waals surface area contributed by atoms with E-state index in [1.807, 2.05) is 24.3 Å². The quantitative estimate of drug-likeness (QED) is 0.457. The van der Waals surface area contributed by atoms with Crippen molar-refractivity contribution in [2.24, 2.45) is 0 Å². The Labute approximate surface area is 155 Å². The first-order valence-electron chi connectivity index (χ1n) is 7.69. The van der Waals surface area contributed by atoms with E-state index in [9.17, 15) is 8.42 Å². The number of ether oxygens (including phenoxy) is 1. The molecule has 0 atom stereocenters. The molecule has 0 radical (unpaired) electrons. The Morgan fingerprint density at radius 3 is 2.84 bits per heavy atom. The van der Waals surface area contributed by atoms with Crippen LogP contribution in [-0.4, -0.2) is 32.0 Å². The number of benzene rings is 2. The van der Waals surface area contributed by atoms with Crippen molar-refractivity contribution < 1.29 is 13.2 Å². The average molecular weight is 395 g/mol. The first kappa shape index (κ1) is 18.0. The van der Waals surface area contributed by atoms with Crippen molar-refractivity contribution in [3.05, 3.63) is 48.5 Å². The summed E-state index contributed by atoms with van der Waals surface area (Å²) in [5, 5.41) is 0. The van der Waals surface area contributed by atoms with Crippen LogP contribution >= 0.6 is 23.1 Å². The zero-order valence-electron chi connectivity index (χ0n) is 13.6. The molecule has 0 spiro atoms. The Bertz CT molecular complexity index is 921. The smallest absolute Gasteiger partial charge is 0.232 e. The van der Waals surface area contributed by atoms with Gasteiger partial charge in [0.1, 0.15) is 5.75 Å². The number of thiazole rings is 1. The lowest BCUT2D eigenvalue weighted by molar-refractivity contribution is 0.415. The van der Waals surface area contributed by atoms with Crippen molar-refractivity contribution in [3.8, 4) is 5.75 Å². The predicted molar refractivity (Wildman–Crippen MR) is 105 cm³/mol. The lowest BCUT2D eigenvalue weighted by Crippen LogP contribution is -2.17. The fourth-order valence-electron chi connectivity index (χ4n) is 2.24. The number of rotatable bonds is 8. The van der Waals surface area contributed by atoms with E-state index < -0.39 is 10.0 Å². The molecule has 1 heterocycles. The van der Waals surface area contributed by atoms with Crippen LogP contribution in [0.2, 0.25) is 0 Å². The maximum absolute atomic E-state index is 12.2. The highest BCUT2D eigenvalue weighted by Gasteiger charge is 2.11. The molecule has 0 bridgehead atoms. The fourth-order valence-corrected chi connectivity index (χ4v) is 5.61. The molecule has 0 aliphatic heterocycles. The van der Waals surface area contributed by atoms with E-state index >= 15 is 0 Å². The zero-order valence-corrected chi connectivity index (χ0v) is 16.1. The molecule has 0 saturated heterocycles. The third-order valence-electron chi connectivity index (χ3n) is 3.40. The molecule has 2 aromatic carbocycles. The summed E-state index contributed by atoms with van der Waals surface area (Å²) in [7, 11) is -1.83. The number of anilines is 1. The molecular formula is C17H18N2O3S3. The van der Waals surface area contributed by atoms with Gasteiger partial charge in [-0.25, -0.2) is 13.4 Å². The van der Waals surface area contributed by atoms with E-state index in [0.717, 1.165) is 14.6 Å². The van der Waals surface area contributed by atoms with Crippen molar-refractivity contribution in [2.45, 2.75) is 10.8 Å². The van der Waals surface area contributed by atoms with E-state index in [1.165, 1.54) is 0 Å². The van der Waals surface area contributed by atoms with Crippen LogP contribution in [0.1, 0.15) is 6.42 Å². The van der Waals surface area contributed by atoms with Gasteiger partial charge in [-0.3, -0.25) is 4.72 Å².